The molecule has 0 saturated carbocycles. The quantitative estimate of drug-likeness (QED) is 0.624. The molecule has 3 rings (SSSR count). The highest BCUT2D eigenvalue weighted by molar-refractivity contribution is 14.1. The number of halogens is 1. The zero-order valence-electron chi connectivity index (χ0n) is 10.6. The molecule has 0 atom stereocenters. The van der Waals surface area contributed by atoms with Crippen molar-refractivity contribution in [2.24, 2.45) is 0 Å². The lowest BCUT2D eigenvalue weighted by Crippen LogP contribution is -2.14. The molecule has 102 valence electrons. The summed E-state index contributed by atoms with van der Waals surface area (Å²) in [5.74, 6) is 0. The molecule has 0 aliphatic carbocycles. The lowest BCUT2D eigenvalue weighted by Gasteiger charge is -2.09. The van der Waals surface area contributed by atoms with E-state index in [4.69, 9.17) is 0 Å². The van der Waals surface area contributed by atoms with Crippen molar-refractivity contribution >= 4 is 43.6 Å². The minimum Gasteiger partial charge on any atom is -0.237 e. The van der Waals surface area contributed by atoms with Crippen LogP contribution < -0.4 is 0 Å². The van der Waals surface area contributed by atoms with Gasteiger partial charge in [0.05, 0.1) is 4.90 Å². The van der Waals surface area contributed by atoms with E-state index in [1.54, 1.807) is 43.5 Å². The van der Waals surface area contributed by atoms with E-state index in [0.717, 1.165) is 8.96 Å². The summed E-state index contributed by atoms with van der Waals surface area (Å²) in [5.41, 5.74) is 1.15. The van der Waals surface area contributed by atoms with E-state index in [-0.39, 0.29) is 4.90 Å². The predicted molar refractivity (Wildman–Crippen MR) is 86.2 cm³/mol. The maximum Gasteiger partial charge on any atom is 0.269 e. The Hall–Kier alpha value is -1.41. The van der Waals surface area contributed by atoms with Crippen molar-refractivity contribution in [3.63, 3.8) is 0 Å². The SMILES string of the molecule is Cc1c(I)c2cccnc2n1S(=O)(=O)c1ccccc1. The topological polar surface area (TPSA) is 52.0 Å². The van der Waals surface area contributed by atoms with Crippen LogP contribution in [0.15, 0.2) is 53.6 Å². The standard InChI is InChI=1S/C14H11IN2O2S/c1-10-13(15)12-8-5-9-16-14(12)17(10)20(18,19)11-6-3-2-4-7-11/h2-9H,1H3. The molecular formula is C14H11IN2O2S. The molecule has 4 nitrogen and oxygen atoms in total. The van der Waals surface area contributed by atoms with Crippen LogP contribution in [0.1, 0.15) is 5.69 Å². The van der Waals surface area contributed by atoms with Gasteiger partial charge in [0.1, 0.15) is 0 Å². The Morgan fingerprint density at radius 2 is 1.80 bits per heavy atom. The van der Waals surface area contributed by atoms with Gasteiger partial charge in [0.15, 0.2) is 5.65 Å². The number of rotatable bonds is 2. The van der Waals surface area contributed by atoms with Crippen LogP contribution in [0, 0.1) is 10.5 Å². The fourth-order valence-corrected chi connectivity index (χ4v) is 4.53. The second kappa shape index (κ2) is 4.85. The maximum atomic E-state index is 12.8. The highest BCUT2D eigenvalue weighted by Crippen LogP contribution is 2.29. The first-order valence-electron chi connectivity index (χ1n) is 5.95. The zero-order chi connectivity index (χ0) is 14.3. The molecule has 0 bridgehead atoms. The Morgan fingerprint density at radius 3 is 2.50 bits per heavy atom. The third-order valence-electron chi connectivity index (χ3n) is 3.12. The van der Waals surface area contributed by atoms with Crippen LogP contribution in [-0.4, -0.2) is 17.4 Å². The molecule has 0 amide bonds. The average molecular weight is 398 g/mol. The average Bonchev–Trinajstić information content (AvgIpc) is 2.73. The molecule has 0 aliphatic rings. The molecule has 0 fully saturated rings. The van der Waals surface area contributed by atoms with E-state index < -0.39 is 10.0 Å². The molecule has 2 heterocycles. The van der Waals surface area contributed by atoms with E-state index in [2.05, 4.69) is 27.6 Å². The van der Waals surface area contributed by atoms with Gasteiger partial charge in [-0.15, -0.1) is 0 Å². The van der Waals surface area contributed by atoms with Gasteiger partial charge in [0, 0.05) is 20.8 Å². The minimum atomic E-state index is -3.63. The van der Waals surface area contributed by atoms with Crippen LogP contribution in [-0.2, 0) is 10.0 Å². The molecule has 2 aromatic heterocycles. The van der Waals surface area contributed by atoms with Crippen LogP contribution in [0.4, 0.5) is 0 Å². The summed E-state index contributed by atoms with van der Waals surface area (Å²) in [6.45, 7) is 1.80. The summed E-state index contributed by atoms with van der Waals surface area (Å²) in [5, 5.41) is 0.852. The Balaban J connectivity index is 2.39. The molecule has 0 aliphatic heterocycles. The fourth-order valence-electron chi connectivity index (χ4n) is 2.17. The monoisotopic (exact) mass is 398 g/mol. The number of nitrogens with zero attached hydrogens (tertiary/aromatic N) is 2. The normalized spacial score (nSPS) is 11.9. The second-order valence-electron chi connectivity index (χ2n) is 4.36. The highest BCUT2D eigenvalue weighted by Gasteiger charge is 2.24. The maximum absolute atomic E-state index is 12.8. The molecule has 20 heavy (non-hydrogen) atoms. The first-order valence-corrected chi connectivity index (χ1v) is 8.47. The molecular weight excluding hydrogens is 387 g/mol. The van der Waals surface area contributed by atoms with E-state index in [9.17, 15) is 8.42 Å². The lowest BCUT2D eigenvalue weighted by atomic mass is 10.3. The summed E-state index contributed by atoms with van der Waals surface area (Å²) < 4.78 is 27.8. The molecule has 3 aromatic rings. The molecule has 0 N–H and O–H groups in total. The second-order valence-corrected chi connectivity index (χ2v) is 7.22. The third-order valence-corrected chi connectivity index (χ3v) is 6.28. The summed E-state index contributed by atoms with van der Waals surface area (Å²) in [7, 11) is -3.63. The van der Waals surface area contributed by atoms with E-state index in [1.807, 2.05) is 12.1 Å². The van der Waals surface area contributed by atoms with Gasteiger partial charge in [-0.05, 0) is 53.8 Å². The fraction of sp³-hybridized carbons (Fsp3) is 0.0714. The van der Waals surface area contributed by atoms with Gasteiger partial charge < -0.3 is 0 Å². The first-order chi connectivity index (χ1) is 9.53. The summed E-state index contributed by atoms with van der Waals surface area (Å²) in [6, 6.07) is 12.1. The van der Waals surface area contributed by atoms with Crippen LogP contribution in [0.25, 0.3) is 11.0 Å². The van der Waals surface area contributed by atoms with Crippen molar-refractivity contribution in [2.75, 3.05) is 0 Å². The van der Waals surface area contributed by atoms with Gasteiger partial charge in [-0.25, -0.2) is 17.4 Å². The van der Waals surface area contributed by atoms with Crippen LogP contribution in [0.3, 0.4) is 0 Å². The van der Waals surface area contributed by atoms with Crippen LogP contribution in [0.2, 0.25) is 0 Å². The van der Waals surface area contributed by atoms with Crippen molar-refractivity contribution in [1.29, 1.82) is 0 Å². The first kappa shape index (κ1) is 13.6. The highest BCUT2D eigenvalue weighted by atomic mass is 127. The van der Waals surface area contributed by atoms with E-state index >= 15 is 0 Å². The number of pyridine rings is 1. The van der Waals surface area contributed by atoms with Crippen molar-refractivity contribution in [2.45, 2.75) is 11.8 Å². The minimum absolute atomic E-state index is 0.266. The van der Waals surface area contributed by atoms with Crippen molar-refractivity contribution < 1.29 is 8.42 Å². The molecule has 0 saturated heterocycles. The van der Waals surface area contributed by atoms with Gasteiger partial charge in [-0.2, -0.15) is 0 Å². The number of benzene rings is 1. The van der Waals surface area contributed by atoms with Crippen molar-refractivity contribution in [3.05, 3.63) is 57.9 Å². The Kier molecular flexibility index (Phi) is 3.29. The smallest absolute Gasteiger partial charge is 0.237 e. The van der Waals surface area contributed by atoms with E-state index in [1.165, 1.54) is 3.97 Å². The number of fused-ring (bicyclic) bond motifs is 1. The Bertz CT molecular complexity index is 886. The summed E-state index contributed by atoms with van der Waals surface area (Å²) in [6.07, 6.45) is 1.61. The molecule has 1 aromatic carbocycles. The van der Waals surface area contributed by atoms with Gasteiger partial charge in [-0.3, -0.25) is 0 Å². The largest absolute Gasteiger partial charge is 0.269 e. The van der Waals surface area contributed by atoms with Crippen molar-refractivity contribution in [1.82, 2.24) is 8.96 Å². The summed E-state index contributed by atoms with van der Waals surface area (Å²) >= 11 is 2.16. The Morgan fingerprint density at radius 1 is 1.10 bits per heavy atom. The molecule has 0 unspecified atom stereocenters. The molecule has 0 spiro atoms. The molecule has 0 radical (unpaired) electrons. The van der Waals surface area contributed by atoms with E-state index in [0.29, 0.717) is 11.3 Å². The van der Waals surface area contributed by atoms with Gasteiger partial charge in [0.2, 0.25) is 0 Å². The lowest BCUT2D eigenvalue weighted by molar-refractivity contribution is 0.587. The van der Waals surface area contributed by atoms with Crippen LogP contribution >= 0.6 is 22.6 Å². The number of hydrogen-bond acceptors (Lipinski definition) is 3. The third kappa shape index (κ3) is 1.94. The van der Waals surface area contributed by atoms with Gasteiger partial charge in [-0.1, -0.05) is 18.2 Å². The van der Waals surface area contributed by atoms with Crippen molar-refractivity contribution in [3.8, 4) is 0 Å². The summed E-state index contributed by atoms with van der Waals surface area (Å²) in [4.78, 5) is 4.50. The van der Waals surface area contributed by atoms with Gasteiger partial charge in [0.25, 0.3) is 10.0 Å². The Labute approximate surface area is 130 Å². The van der Waals surface area contributed by atoms with Gasteiger partial charge >= 0.3 is 0 Å². The number of hydrogen-bond donors (Lipinski definition) is 0. The molecule has 6 heteroatoms. The zero-order valence-corrected chi connectivity index (χ0v) is 13.6. The number of aromatic nitrogens is 2. The van der Waals surface area contributed by atoms with Crippen LogP contribution in [0.5, 0.6) is 0 Å². The predicted octanol–water partition coefficient (Wildman–Crippen LogP) is 3.19.